The summed E-state index contributed by atoms with van der Waals surface area (Å²) in [6, 6.07) is 0. The number of Topliss-reactive ketones (excluding diaryl/α,β-unsaturated/α-hetero) is 1. The lowest BCUT2D eigenvalue weighted by atomic mass is 9.53. The highest BCUT2D eigenvalue weighted by atomic mass is 16.1. The minimum absolute atomic E-state index is 0.240. The maximum atomic E-state index is 11.8. The molecule has 3 rings (SSSR count). The molecule has 66 valence electrons. The van der Waals surface area contributed by atoms with E-state index in [1.54, 1.807) is 0 Å². The zero-order valence-corrected chi connectivity index (χ0v) is 7.57. The van der Waals surface area contributed by atoms with Crippen LogP contribution >= 0.6 is 0 Å². The molecule has 3 aliphatic carbocycles. The van der Waals surface area contributed by atoms with Crippen LogP contribution in [0.4, 0.5) is 0 Å². The van der Waals surface area contributed by atoms with Crippen LogP contribution in [0.5, 0.6) is 0 Å². The summed E-state index contributed by atoms with van der Waals surface area (Å²) >= 11 is 0. The molecular weight excluding hydrogens is 148 g/mol. The molecule has 0 atom stereocenters. The van der Waals surface area contributed by atoms with E-state index in [-0.39, 0.29) is 5.41 Å². The molecule has 0 amide bonds. The Kier molecular flexibility index (Phi) is 1.15. The molecule has 2 spiro atoms. The lowest BCUT2D eigenvalue weighted by Gasteiger charge is -2.51. The monoisotopic (exact) mass is 164 g/mol. The quantitative estimate of drug-likeness (QED) is 0.538. The first-order valence-corrected chi connectivity index (χ1v) is 5.33. The number of carbonyl (C=O) groups excluding carboxylic acids is 1. The van der Waals surface area contributed by atoms with Gasteiger partial charge in [-0.1, -0.05) is 6.42 Å². The van der Waals surface area contributed by atoms with Gasteiger partial charge < -0.3 is 0 Å². The molecule has 0 N–H and O–H groups in total. The maximum Gasteiger partial charge on any atom is 0.139 e. The first kappa shape index (κ1) is 7.11. The molecule has 0 aromatic heterocycles. The van der Waals surface area contributed by atoms with Crippen LogP contribution in [0.25, 0.3) is 0 Å². The first-order chi connectivity index (χ1) is 5.79. The summed E-state index contributed by atoms with van der Waals surface area (Å²) in [6.07, 6.45) is 9.99. The molecule has 1 nitrogen and oxygen atoms in total. The summed E-state index contributed by atoms with van der Waals surface area (Å²) in [7, 11) is 0. The first-order valence-electron chi connectivity index (χ1n) is 5.33. The van der Waals surface area contributed by atoms with E-state index in [2.05, 4.69) is 0 Å². The largest absolute Gasteiger partial charge is 0.299 e. The molecule has 12 heavy (non-hydrogen) atoms. The van der Waals surface area contributed by atoms with Gasteiger partial charge >= 0.3 is 0 Å². The van der Waals surface area contributed by atoms with E-state index in [0.29, 0.717) is 11.2 Å². The van der Waals surface area contributed by atoms with Crippen LogP contribution in [0, 0.1) is 10.8 Å². The lowest BCUT2D eigenvalue weighted by molar-refractivity contribution is -0.138. The van der Waals surface area contributed by atoms with Crippen molar-refractivity contribution >= 4 is 5.78 Å². The minimum Gasteiger partial charge on any atom is -0.299 e. The van der Waals surface area contributed by atoms with Crippen LogP contribution in [0.2, 0.25) is 0 Å². The number of hydrogen-bond acceptors (Lipinski definition) is 1. The van der Waals surface area contributed by atoms with Gasteiger partial charge in [-0.2, -0.15) is 0 Å². The Hall–Kier alpha value is -0.330. The van der Waals surface area contributed by atoms with Crippen LogP contribution in [0.1, 0.15) is 51.4 Å². The van der Waals surface area contributed by atoms with E-state index in [1.807, 2.05) is 0 Å². The van der Waals surface area contributed by atoms with Gasteiger partial charge in [0, 0.05) is 11.8 Å². The standard InChI is InChI=1S/C11H16O/c12-9-3-1-4-10(5-2-6-10)11(9)7-8-11/h1-8H2. The van der Waals surface area contributed by atoms with Crippen LogP contribution in [0.15, 0.2) is 0 Å². The number of ketones is 1. The van der Waals surface area contributed by atoms with Crippen molar-refractivity contribution in [3.63, 3.8) is 0 Å². The van der Waals surface area contributed by atoms with E-state index in [1.165, 1.54) is 44.9 Å². The van der Waals surface area contributed by atoms with Gasteiger partial charge in [-0.15, -0.1) is 0 Å². The molecule has 0 aromatic carbocycles. The highest BCUT2D eigenvalue weighted by Crippen LogP contribution is 2.71. The molecule has 0 heterocycles. The number of fused-ring (bicyclic) bond motifs is 1. The fourth-order valence-corrected chi connectivity index (χ4v) is 3.63. The second kappa shape index (κ2) is 1.94. The smallest absolute Gasteiger partial charge is 0.139 e. The molecule has 3 saturated carbocycles. The lowest BCUT2D eigenvalue weighted by Crippen LogP contribution is -2.46. The third kappa shape index (κ3) is 0.605. The Morgan fingerprint density at radius 2 is 1.58 bits per heavy atom. The van der Waals surface area contributed by atoms with E-state index < -0.39 is 0 Å². The maximum absolute atomic E-state index is 11.8. The Bertz CT molecular complexity index is 233. The molecule has 1 heteroatoms. The summed E-state index contributed by atoms with van der Waals surface area (Å²) in [5.74, 6) is 0.619. The number of carbonyl (C=O) groups is 1. The highest BCUT2D eigenvalue weighted by molar-refractivity contribution is 5.89. The number of rotatable bonds is 0. The summed E-state index contributed by atoms with van der Waals surface area (Å²) in [5.41, 5.74) is 0.770. The van der Waals surface area contributed by atoms with Crippen molar-refractivity contribution < 1.29 is 4.79 Å². The summed E-state index contributed by atoms with van der Waals surface area (Å²) in [6.45, 7) is 0. The van der Waals surface area contributed by atoms with Crippen LogP contribution in [0.3, 0.4) is 0 Å². The van der Waals surface area contributed by atoms with E-state index in [0.717, 1.165) is 6.42 Å². The van der Waals surface area contributed by atoms with Gasteiger partial charge in [0.25, 0.3) is 0 Å². The second-order valence-corrected chi connectivity index (χ2v) is 4.99. The molecule has 3 aliphatic rings. The fourth-order valence-electron chi connectivity index (χ4n) is 3.63. The molecule has 0 saturated heterocycles. The topological polar surface area (TPSA) is 17.1 Å². The third-order valence-corrected chi connectivity index (χ3v) is 4.67. The van der Waals surface area contributed by atoms with Gasteiger partial charge in [0.15, 0.2) is 0 Å². The van der Waals surface area contributed by atoms with E-state index in [4.69, 9.17) is 0 Å². The summed E-state index contributed by atoms with van der Waals surface area (Å²) in [5, 5.41) is 0. The summed E-state index contributed by atoms with van der Waals surface area (Å²) < 4.78 is 0. The minimum atomic E-state index is 0.240. The SMILES string of the molecule is O=C1CCCC2(CCC2)C12CC2. The highest BCUT2D eigenvalue weighted by Gasteiger charge is 2.65. The Morgan fingerprint density at radius 3 is 2.00 bits per heavy atom. The summed E-state index contributed by atoms with van der Waals surface area (Å²) in [4.78, 5) is 11.8. The average molecular weight is 164 g/mol. The van der Waals surface area contributed by atoms with Crippen molar-refractivity contribution in [2.45, 2.75) is 51.4 Å². The Balaban J connectivity index is 1.96. The zero-order chi connectivity index (χ0) is 8.23. The van der Waals surface area contributed by atoms with Crippen LogP contribution in [-0.4, -0.2) is 5.78 Å². The van der Waals surface area contributed by atoms with E-state index >= 15 is 0 Å². The van der Waals surface area contributed by atoms with Gasteiger partial charge in [0.1, 0.15) is 5.78 Å². The zero-order valence-electron chi connectivity index (χ0n) is 7.57. The molecule has 0 aromatic rings. The van der Waals surface area contributed by atoms with Crippen molar-refractivity contribution in [3.05, 3.63) is 0 Å². The number of hydrogen-bond donors (Lipinski definition) is 0. The van der Waals surface area contributed by atoms with Crippen LogP contribution in [-0.2, 0) is 4.79 Å². The Labute approximate surface area is 73.5 Å². The van der Waals surface area contributed by atoms with Gasteiger partial charge in [-0.05, 0) is 43.9 Å². The molecule has 3 fully saturated rings. The van der Waals surface area contributed by atoms with Gasteiger partial charge in [0.05, 0.1) is 0 Å². The molecule has 0 unspecified atom stereocenters. The average Bonchev–Trinajstić information content (AvgIpc) is 2.74. The fraction of sp³-hybridized carbons (Fsp3) is 0.909. The predicted octanol–water partition coefficient (Wildman–Crippen LogP) is 2.69. The van der Waals surface area contributed by atoms with Crippen molar-refractivity contribution in [2.24, 2.45) is 10.8 Å². The van der Waals surface area contributed by atoms with Crippen molar-refractivity contribution in [2.75, 3.05) is 0 Å². The predicted molar refractivity (Wildman–Crippen MR) is 46.8 cm³/mol. The van der Waals surface area contributed by atoms with Crippen molar-refractivity contribution in [1.29, 1.82) is 0 Å². The molecule has 0 aliphatic heterocycles. The molecule has 0 bridgehead atoms. The normalized spacial score (nSPS) is 35.2. The van der Waals surface area contributed by atoms with Crippen LogP contribution < -0.4 is 0 Å². The Morgan fingerprint density at radius 1 is 0.917 bits per heavy atom. The van der Waals surface area contributed by atoms with Gasteiger partial charge in [-0.25, -0.2) is 0 Å². The second-order valence-electron chi connectivity index (χ2n) is 4.99. The van der Waals surface area contributed by atoms with Crippen molar-refractivity contribution in [1.82, 2.24) is 0 Å². The van der Waals surface area contributed by atoms with Gasteiger partial charge in [0.2, 0.25) is 0 Å². The van der Waals surface area contributed by atoms with Gasteiger partial charge in [-0.3, -0.25) is 4.79 Å². The van der Waals surface area contributed by atoms with Crippen molar-refractivity contribution in [3.8, 4) is 0 Å². The molecular formula is C11H16O. The third-order valence-electron chi connectivity index (χ3n) is 4.67. The molecule has 0 radical (unpaired) electrons. The van der Waals surface area contributed by atoms with E-state index in [9.17, 15) is 4.79 Å².